The first kappa shape index (κ1) is 11.1. The second kappa shape index (κ2) is 4.31. The standard InChI is InChI=1S/C15H10ClNO/c16-13-9-11(4-6-15(13)18)10-3-5-14-12(8-10)2-1-7-17-14/h1-9,18H. The van der Waals surface area contributed by atoms with Crippen LogP contribution in [0.25, 0.3) is 22.0 Å². The number of hydrogen-bond donors (Lipinski definition) is 1. The molecule has 0 spiro atoms. The lowest BCUT2D eigenvalue weighted by molar-refractivity contribution is 0.475. The third kappa shape index (κ3) is 1.91. The van der Waals surface area contributed by atoms with Crippen molar-refractivity contribution < 1.29 is 5.11 Å². The van der Waals surface area contributed by atoms with Gasteiger partial charge < -0.3 is 5.11 Å². The molecule has 0 amide bonds. The molecule has 0 fully saturated rings. The SMILES string of the molecule is Oc1ccc(-c2ccc3ncccc3c2)cc1Cl. The topological polar surface area (TPSA) is 33.1 Å². The molecule has 88 valence electrons. The summed E-state index contributed by atoms with van der Waals surface area (Å²) in [6.45, 7) is 0. The predicted octanol–water partition coefficient (Wildman–Crippen LogP) is 4.26. The minimum absolute atomic E-state index is 0.0999. The monoisotopic (exact) mass is 255 g/mol. The molecule has 18 heavy (non-hydrogen) atoms. The van der Waals surface area contributed by atoms with Crippen LogP contribution in [-0.4, -0.2) is 10.1 Å². The van der Waals surface area contributed by atoms with Gasteiger partial charge in [0.05, 0.1) is 10.5 Å². The maximum Gasteiger partial charge on any atom is 0.134 e. The Morgan fingerprint density at radius 1 is 0.944 bits per heavy atom. The molecule has 0 unspecified atom stereocenters. The zero-order valence-corrected chi connectivity index (χ0v) is 10.2. The number of pyridine rings is 1. The van der Waals surface area contributed by atoms with E-state index in [0.29, 0.717) is 5.02 Å². The normalized spacial score (nSPS) is 10.7. The Morgan fingerprint density at radius 2 is 1.72 bits per heavy atom. The molecule has 2 aromatic carbocycles. The highest BCUT2D eigenvalue weighted by Crippen LogP contribution is 2.30. The van der Waals surface area contributed by atoms with Crippen molar-refractivity contribution >= 4 is 22.5 Å². The number of rotatable bonds is 1. The van der Waals surface area contributed by atoms with E-state index in [2.05, 4.69) is 11.1 Å². The van der Waals surface area contributed by atoms with Gasteiger partial charge in [-0.25, -0.2) is 0 Å². The number of phenolic OH excluding ortho intramolecular Hbond substituents is 1. The third-order valence-corrected chi connectivity index (χ3v) is 3.19. The van der Waals surface area contributed by atoms with Crippen LogP contribution in [0.2, 0.25) is 5.02 Å². The van der Waals surface area contributed by atoms with E-state index in [1.54, 1.807) is 18.3 Å². The van der Waals surface area contributed by atoms with E-state index in [1.165, 1.54) is 0 Å². The van der Waals surface area contributed by atoms with Gasteiger partial charge in [0, 0.05) is 11.6 Å². The fraction of sp³-hybridized carbons (Fsp3) is 0. The first-order chi connectivity index (χ1) is 8.74. The molecule has 0 aliphatic heterocycles. The number of nitrogens with zero attached hydrogens (tertiary/aromatic N) is 1. The van der Waals surface area contributed by atoms with Crippen LogP contribution in [0.3, 0.4) is 0 Å². The van der Waals surface area contributed by atoms with Gasteiger partial charge in [-0.05, 0) is 41.5 Å². The summed E-state index contributed by atoms with van der Waals surface area (Å²) in [4.78, 5) is 4.28. The Morgan fingerprint density at radius 3 is 2.56 bits per heavy atom. The summed E-state index contributed by atoms with van der Waals surface area (Å²) in [5.74, 6) is 0.0999. The summed E-state index contributed by atoms with van der Waals surface area (Å²) in [6.07, 6.45) is 1.78. The lowest BCUT2D eigenvalue weighted by Gasteiger charge is -2.05. The van der Waals surface area contributed by atoms with Gasteiger partial charge in [0.25, 0.3) is 0 Å². The van der Waals surface area contributed by atoms with E-state index in [9.17, 15) is 5.11 Å². The summed E-state index contributed by atoms with van der Waals surface area (Å²) >= 11 is 5.92. The first-order valence-electron chi connectivity index (χ1n) is 5.58. The lowest BCUT2D eigenvalue weighted by atomic mass is 10.0. The van der Waals surface area contributed by atoms with Crippen LogP contribution in [0.4, 0.5) is 0 Å². The number of aromatic nitrogens is 1. The molecular formula is C15H10ClNO. The van der Waals surface area contributed by atoms with Gasteiger partial charge in [0.15, 0.2) is 0 Å². The molecule has 1 heterocycles. The largest absolute Gasteiger partial charge is 0.506 e. The van der Waals surface area contributed by atoms with Crippen molar-refractivity contribution in [2.75, 3.05) is 0 Å². The summed E-state index contributed by atoms with van der Waals surface area (Å²) < 4.78 is 0. The molecule has 3 aromatic rings. The minimum atomic E-state index is 0.0999. The predicted molar refractivity (Wildman–Crippen MR) is 73.9 cm³/mol. The fourth-order valence-corrected chi connectivity index (χ4v) is 2.12. The maximum atomic E-state index is 9.42. The van der Waals surface area contributed by atoms with E-state index in [1.807, 2.05) is 30.3 Å². The molecule has 1 N–H and O–H groups in total. The molecule has 0 radical (unpaired) electrons. The molecule has 3 heteroatoms. The van der Waals surface area contributed by atoms with E-state index < -0.39 is 0 Å². The molecule has 3 rings (SSSR count). The summed E-state index contributed by atoms with van der Waals surface area (Å²) in [5.41, 5.74) is 2.99. The zero-order valence-electron chi connectivity index (χ0n) is 9.47. The maximum absolute atomic E-state index is 9.42. The Bertz CT molecular complexity index is 725. The van der Waals surface area contributed by atoms with Crippen molar-refractivity contribution in [2.45, 2.75) is 0 Å². The highest BCUT2D eigenvalue weighted by Gasteiger charge is 2.03. The highest BCUT2D eigenvalue weighted by molar-refractivity contribution is 6.32. The van der Waals surface area contributed by atoms with Gasteiger partial charge in [-0.1, -0.05) is 29.8 Å². The molecule has 2 nitrogen and oxygen atoms in total. The quantitative estimate of drug-likeness (QED) is 0.705. The molecule has 0 atom stereocenters. The zero-order chi connectivity index (χ0) is 12.5. The molecule has 0 aliphatic rings. The van der Waals surface area contributed by atoms with Crippen LogP contribution in [0.1, 0.15) is 0 Å². The van der Waals surface area contributed by atoms with Crippen molar-refractivity contribution in [2.24, 2.45) is 0 Å². The smallest absolute Gasteiger partial charge is 0.134 e. The van der Waals surface area contributed by atoms with Crippen LogP contribution in [0, 0.1) is 0 Å². The number of hydrogen-bond acceptors (Lipinski definition) is 2. The van der Waals surface area contributed by atoms with Crippen molar-refractivity contribution in [1.29, 1.82) is 0 Å². The molecule has 0 aliphatic carbocycles. The van der Waals surface area contributed by atoms with E-state index in [-0.39, 0.29) is 5.75 Å². The molecule has 0 saturated carbocycles. The molecule has 0 bridgehead atoms. The van der Waals surface area contributed by atoms with Crippen LogP contribution in [0.5, 0.6) is 5.75 Å². The van der Waals surface area contributed by atoms with Gasteiger partial charge in [-0.2, -0.15) is 0 Å². The Hall–Kier alpha value is -2.06. The molecule has 0 saturated heterocycles. The molecule has 1 aromatic heterocycles. The van der Waals surface area contributed by atoms with Crippen LogP contribution in [-0.2, 0) is 0 Å². The first-order valence-corrected chi connectivity index (χ1v) is 5.95. The van der Waals surface area contributed by atoms with Gasteiger partial charge in [0.2, 0.25) is 0 Å². The van der Waals surface area contributed by atoms with Crippen molar-refractivity contribution in [3.05, 3.63) is 59.8 Å². The second-order valence-electron chi connectivity index (χ2n) is 4.08. The third-order valence-electron chi connectivity index (χ3n) is 2.88. The lowest BCUT2D eigenvalue weighted by Crippen LogP contribution is -1.81. The van der Waals surface area contributed by atoms with E-state index in [4.69, 9.17) is 11.6 Å². The van der Waals surface area contributed by atoms with Gasteiger partial charge in [0.1, 0.15) is 5.75 Å². The number of aromatic hydroxyl groups is 1. The second-order valence-corrected chi connectivity index (χ2v) is 4.48. The van der Waals surface area contributed by atoms with Crippen LogP contribution in [0.15, 0.2) is 54.7 Å². The van der Waals surface area contributed by atoms with Crippen molar-refractivity contribution in [3.8, 4) is 16.9 Å². The van der Waals surface area contributed by atoms with Gasteiger partial charge >= 0.3 is 0 Å². The Balaban J connectivity index is 2.16. The highest BCUT2D eigenvalue weighted by atomic mass is 35.5. The van der Waals surface area contributed by atoms with Crippen LogP contribution < -0.4 is 0 Å². The average Bonchev–Trinajstić information content (AvgIpc) is 2.41. The van der Waals surface area contributed by atoms with Gasteiger partial charge in [-0.3, -0.25) is 4.98 Å². The number of halogens is 1. The van der Waals surface area contributed by atoms with E-state index in [0.717, 1.165) is 22.0 Å². The summed E-state index contributed by atoms with van der Waals surface area (Å²) in [5, 5.41) is 10.9. The Labute approximate surface area is 109 Å². The average molecular weight is 256 g/mol. The summed E-state index contributed by atoms with van der Waals surface area (Å²) in [6, 6.07) is 15.2. The number of benzene rings is 2. The van der Waals surface area contributed by atoms with E-state index >= 15 is 0 Å². The fourth-order valence-electron chi connectivity index (χ4n) is 1.94. The molecular weight excluding hydrogens is 246 g/mol. The van der Waals surface area contributed by atoms with Crippen molar-refractivity contribution in [1.82, 2.24) is 4.98 Å². The van der Waals surface area contributed by atoms with Gasteiger partial charge in [-0.15, -0.1) is 0 Å². The number of fused-ring (bicyclic) bond motifs is 1. The minimum Gasteiger partial charge on any atom is -0.506 e. The Kier molecular flexibility index (Phi) is 2.65. The van der Waals surface area contributed by atoms with Crippen molar-refractivity contribution in [3.63, 3.8) is 0 Å². The van der Waals surface area contributed by atoms with Crippen LogP contribution >= 0.6 is 11.6 Å². The number of phenols is 1. The summed E-state index contributed by atoms with van der Waals surface area (Å²) in [7, 11) is 0.